The van der Waals surface area contributed by atoms with Crippen LogP contribution in [-0.4, -0.2) is 120 Å². The van der Waals surface area contributed by atoms with Gasteiger partial charge in [-0.2, -0.15) is 13.2 Å². The second-order valence-electron chi connectivity index (χ2n) is 11.9. The lowest BCUT2D eigenvalue weighted by atomic mass is 9.78. The fourth-order valence-corrected chi connectivity index (χ4v) is 8.13. The van der Waals surface area contributed by atoms with Crippen molar-refractivity contribution >= 4 is 23.4 Å². The molecule has 2 amide bonds. The largest absolute Gasteiger partial charge is 0.409 e. The first kappa shape index (κ1) is 29.3. The van der Waals surface area contributed by atoms with E-state index in [1.165, 1.54) is 19.1 Å². The second kappa shape index (κ2) is 12.0. The predicted molar refractivity (Wildman–Crippen MR) is 139 cm³/mol. The summed E-state index contributed by atoms with van der Waals surface area (Å²) < 4.78 is 48.1. The molecule has 6 atom stereocenters. The lowest BCUT2D eigenvalue weighted by Gasteiger charge is -2.53. The summed E-state index contributed by atoms with van der Waals surface area (Å²) in [5.74, 6) is -2.01. The summed E-state index contributed by atoms with van der Waals surface area (Å²) in [6, 6.07) is -0.915. The lowest BCUT2D eigenvalue weighted by Crippen LogP contribution is -2.70. The molecule has 0 radical (unpaired) electrons. The second-order valence-corrected chi connectivity index (χ2v) is 12.5. The first-order valence-corrected chi connectivity index (χ1v) is 14.8. The molecule has 5 aliphatic rings. The predicted octanol–water partition coefficient (Wildman–Crippen LogP) is 1.97. The van der Waals surface area contributed by atoms with Crippen molar-refractivity contribution in [1.82, 2.24) is 30.5 Å². The maximum Gasteiger partial charge on any atom is 0.409 e. The Hall–Kier alpha value is -1.18. The van der Waals surface area contributed by atoms with E-state index >= 15 is 0 Å². The molecular formula is C26H42ClF3N6O3. The van der Waals surface area contributed by atoms with Crippen molar-refractivity contribution < 1.29 is 27.5 Å². The first-order valence-electron chi connectivity index (χ1n) is 14.4. The van der Waals surface area contributed by atoms with Crippen molar-refractivity contribution in [3.8, 4) is 0 Å². The molecule has 4 aliphatic heterocycles. The number of nitrogens with zero attached hydrogens (tertiary/aromatic N) is 4. The molecule has 222 valence electrons. The first-order chi connectivity index (χ1) is 18.6. The van der Waals surface area contributed by atoms with Crippen LogP contribution in [0.5, 0.6) is 0 Å². The monoisotopic (exact) mass is 578 g/mol. The number of hydrogen-bond donors (Lipinski definition) is 2. The van der Waals surface area contributed by atoms with E-state index in [9.17, 15) is 22.8 Å². The van der Waals surface area contributed by atoms with Gasteiger partial charge in [-0.1, -0.05) is 0 Å². The standard InChI is InChI=1S/C26H42ClF3N6O3/c1-33(25(38)17-9-11-34(14-17)23(37)15-39-2)24(26(28,29)30)16-5-7-18(8-6-16)35-10-3-4-19-20(35)13-31-22-12-21(27)32-36(19)22/h16-22,24,31-32H,3-15H2,1-2H3/t16?,17-,18?,19?,20?,21?,22?,24+/m1/s1. The molecule has 0 aromatic carbocycles. The lowest BCUT2D eigenvalue weighted by molar-refractivity contribution is -0.203. The molecule has 0 aromatic heterocycles. The van der Waals surface area contributed by atoms with Crippen LogP contribution < -0.4 is 10.7 Å². The van der Waals surface area contributed by atoms with Crippen LogP contribution in [0.15, 0.2) is 0 Å². The van der Waals surface area contributed by atoms with Crippen molar-refractivity contribution in [3.63, 3.8) is 0 Å². The Morgan fingerprint density at radius 2 is 1.85 bits per heavy atom. The van der Waals surface area contributed by atoms with E-state index in [0.29, 0.717) is 50.7 Å². The average molecular weight is 579 g/mol. The molecular weight excluding hydrogens is 537 g/mol. The number of likely N-dealkylation sites (tertiary alicyclic amines) is 2. The Labute approximate surface area is 233 Å². The minimum absolute atomic E-state index is 0.0794. The molecule has 39 heavy (non-hydrogen) atoms. The highest BCUT2D eigenvalue weighted by Crippen LogP contribution is 2.41. The summed E-state index contributed by atoms with van der Waals surface area (Å²) in [5.41, 5.74) is 3.32. The molecule has 9 nitrogen and oxygen atoms in total. The zero-order valence-electron chi connectivity index (χ0n) is 22.8. The van der Waals surface area contributed by atoms with Crippen LogP contribution >= 0.6 is 11.6 Å². The van der Waals surface area contributed by atoms with E-state index in [0.717, 1.165) is 37.3 Å². The number of halogens is 4. The van der Waals surface area contributed by atoms with Gasteiger partial charge in [0.2, 0.25) is 11.8 Å². The number of carbonyl (C=O) groups excluding carboxylic acids is 2. The van der Waals surface area contributed by atoms with Crippen LogP contribution in [0.3, 0.4) is 0 Å². The molecule has 4 saturated heterocycles. The van der Waals surface area contributed by atoms with Crippen LogP contribution in [0.2, 0.25) is 0 Å². The van der Waals surface area contributed by atoms with E-state index in [2.05, 4.69) is 20.7 Å². The molecule has 0 aromatic rings. The van der Waals surface area contributed by atoms with Gasteiger partial charge in [0.15, 0.2) is 0 Å². The summed E-state index contributed by atoms with van der Waals surface area (Å²) in [5, 5.41) is 5.89. The number of piperidine rings is 1. The van der Waals surface area contributed by atoms with Gasteiger partial charge >= 0.3 is 6.18 Å². The topological polar surface area (TPSA) is 80.4 Å². The quantitative estimate of drug-likeness (QED) is 0.368. The number of methoxy groups -OCH3 is 1. The van der Waals surface area contributed by atoms with Crippen molar-refractivity contribution in [1.29, 1.82) is 0 Å². The van der Waals surface area contributed by atoms with Gasteiger partial charge < -0.3 is 14.5 Å². The Balaban J connectivity index is 1.20. The number of fused-ring (bicyclic) bond motifs is 3. The fourth-order valence-electron chi connectivity index (χ4n) is 7.85. The normalized spacial score (nSPS) is 36.9. The Morgan fingerprint density at radius 3 is 2.54 bits per heavy atom. The highest BCUT2D eigenvalue weighted by molar-refractivity contribution is 6.20. The Kier molecular flexibility index (Phi) is 9.00. The van der Waals surface area contributed by atoms with Gasteiger partial charge in [-0.3, -0.25) is 19.8 Å². The van der Waals surface area contributed by atoms with E-state index < -0.39 is 30.0 Å². The minimum atomic E-state index is -4.51. The van der Waals surface area contributed by atoms with Crippen molar-refractivity contribution in [2.45, 2.75) is 93.4 Å². The number of amides is 2. The van der Waals surface area contributed by atoms with Crippen LogP contribution in [0.4, 0.5) is 13.2 Å². The van der Waals surface area contributed by atoms with Crippen LogP contribution in [0.1, 0.15) is 51.4 Å². The van der Waals surface area contributed by atoms with Gasteiger partial charge in [0.1, 0.15) is 12.6 Å². The van der Waals surface area contributed by atoms with Crippen LogP contribution in [0.25, 0.3) is 0 Å². The summed E-state index contributed by atoms with van der Waals surface area (Å²) in [4.78, 5) is 30.3. The number of alkyl halides is 4. The number of rotatable bonds is 6. The smallest absolute Gasteiger partial charge is 0.375 e. The van der Waals surface area contributed by atoms with Crippen molar-refractivity contribution in [2.24, 2.45) is 11.8 Å². The van der Waals surface area contributed by atoms with Crippen LogP contribution in [0, 0.1) is 11.8 Å². The molecule has 0 spiro atoms. The van der Waals surface area contributed by atoms with Gasteiger partial charge in [-0.25, -0.2) is 10.4 Å². The molecule has 1 aliphatic carbocycles. The van der Waals surface area contributed by atoms with E-state index in [4.69, 9.17) is 16.3 Å². The third kappa shape index (κ3) is 6.06. The highest BCUT2D eigenvalue weighted by Gasteiger charge is 2.52. The Bertz CT molecular complexity index is 891. The molecule has 5 rings (SSSR count). The highest BCUT2D eigenvalue weighted by atomic mass is 35.5. The summed E-state index contributed by atoms with van der Waals surface area (Å²) in [6.07, 6.45) is 1.36. The minimum Gasteiger partial charge on any atom is -0.375 e. The molecule has 2 N–H and O–H groups in total. The molecule has 1 saturated carbocycles. The number of hydrazine groups is 1. The SMILES string of the molecule is COCC(=O)N1CC[C@@H](C(=O)N(C)[C@@H](C2CCC(N3CCCC4C3CNC3CC(Cl)NN34)CC2)C(F)(F)F)C1. The fraction of sp³-hybridized carbons (Fsp3) is 0.923. The molecule has 0 bridgehead atoms. The third-order valence-electron chi connectivity index (χ3n) is 9.68. The number of nitrogens with one attached hydrogen (secondary N) is 2. The zero-order chi connectivity index (χ0) is 27.9. The molecule has 4 heterocycles. The van der Waals surface area contributed by atoms with Crippen LogP contribution in [-0.2, 0) is 14.3 Å². The molecule has 4 unspecified atom stereocenters. The maximum atomic E-state index is 14.4. The Morgan fingerprint density at radius 1 is 1.10 bits per heavy atom. The number of ether oxygens (including phenoxy) is 1. The average Bonchev–Trinajstić information content (AvgIpc) is 3.54. The van der Waals surface area contributed by atoms with Gasteiger partial charge in [-0.15, -0.1) is 11.6 Å². The summed E-state index contributed by atoms with van der Waals surface area (Å²) >= 11 is 6.36. The van der Waals surface area contributed by atoms with Gasteiger partial charge in [0.25, 0.3) is 0 Å². The van der Waals surface area contributed by atoms with Crippen molar-refractivity contribution in [2.75, 3.05) is 46.9 Å². The van der Waals surface area contributed by atoms with Gasteiger partial charge in [0.05, 0.1) is 17.6 Å². The third-order valence-corrected chi connectivity index (χ3v) is 9.95. The molecule has 13 heteroatoms. The molecule has 5 fully saturated rings. The van der Waals surface area contributed by atoms with E-state index in [1.54, 1.807) is 0 Å². The number of carbonyl (C=O) groups is 2. The van der Waals surface area contributed by atoms with E-state index in [1.807, 2.05) is 0 Å². The van der Waals surface area contributed by atoms with Gasteiger partial charge in [0, 0.05) is 58.3 Å². The summed E-state index contributed by atoms with van der Waals surface area (Å²) in [6.45, 7) is 2.24. The van der Waals surface area contributed by atoms with Gasteiger partial charge in [-0.05, 0) is 57.4 Å². The van der Waals surface area contributed by atoms with Crippen molar-refractivity contribution in [3.05, 3.63) is 0 Å². The summed E-state index contributed by atoms with van der Waals surface area (Å²) in [7, 11) is 2.71. The van der Waals surface area contributed by atoms with E-state index in [-0.39, 0.29) is 36.8 Å². The maximum absolute atomic E-state index is 14.4. The zero-order valence-corrected chi connectivity index (χ0v) is 23.6. The number of hydrogen-bond acceptors (Lipinski definition) is 7.